The maximum atomic E-state index is 11.9. The summed E-state index contributed by atoms with van der Waals surface area (Å²) < 4.78 is 10.2. The van der Waals surface area contributed by atoms with Crippen LogP contribution < -0.4 is 10.5 Å². The van der Waals surface area contributed by atoms with Gasteiger partial charge in [0.25, 0.3) is 5.91 Å². The van der Waals surface area contributed by atoms with Crippen molar-refractivity contribution >= 4 is 17.8 Å². The van der Waals surface area contributed by atoms with Gasteiger partial charge in [-0.15, -0.1) is 6.42 Å². The van der Waals surface area contributed by atoms with Gasteiger partial charge >= 0.3 is 5.97 Å². The summed E-state index contributed by atoms with van der Waals surface area (Å²) in [5.74, 6) is 2.13. The Bertz CT molecular complexity index is 744. The smallest absolute Gasteiger partial charge is 0.306 e. The van der Waals surface area contributed by atoms with Crippen LogP contribution in [-0.2, 0) is 20.9 Å². The lowest BCUT2D eigenvalue weighted by molar-refractivity contribution is -0.154. The predicted molar refractivity (Wildman–Crippen MR) is 101 cm³/mol. The van der Waals surface area contributed by atoms with Crippen LogP contribution >= 0.6 is 0 Å². The molecule has 0 fully saturated rings. The zero-order valence-electron chi connectivity index (χ0n) is 16.2. The lowest BCUT2D eigenvalue weighted by Crippen LogP contribution is -2.33. The summed E-state index contributed by atoms with van der Waals surface area (Å²) in [5.41, 5.74) is 6.15. The van der Waals surface area contributed by atoms with Gasteiger partial charge in [0.1, 0.15) is 18.0 Å². The van der Waals surface area contributed by atoms with E-state index < -0.39 is 5.91 Å². The first-order valence-electron chi connectivity index (χ1n) is 8.56. The molecule has 0 radical (unpaired) electrons. The molecular weight excluding hydrogens is 348 g/mol. The van der Waals surface area contributed by atoms with Gasteiger partial charge in [-0.25, -0.2) is 0 Å². The molecule has 0 aliphatic carbocycles. The topological polar surface area (TPSA) is 98.9 Å². The molecule has 1 heterocycles. The standard InChI is InChI=1S/C13H12N2O3.C7H14O2/c1-2-5-18-10-3-4-11-9(6-10)7-15(13(11)17)8-12(14)16;1-5-6(8)9-7(2,3)4/h1,3-4,6H,5,7-8H2,(H2,14,16);5H2,1-4H3. The van der Waals surface area contributed by atoms with Gasteiger partial charge in [0.05, 0.1) is 6.54 Å². The summed E-state index contributed by atoms with van der Waals surface area (Å²) in [6.45, 7) is 7.84. The Morgan fingerprint density at radius 1 is 1.33 bits per heavy atom. The van der Waals surface area contributed by atoms with Crippen molar-refractivity contribution in [1.29, 1.82) is 0 Å². The van der Waals surface area contributed by atoms with Gasteiger partial charge in [0.15, 0.2) is 0 Å². The number of carbonyl (C=O) groups is 3. The first-order valence-corrected chi connectivity index (χ1v) is 8.56. The van der Waals surface area contributed by atoms with Crippen molar-refractivity contribution in [1.82, 2.24) is 4.90 Å². The summed E-state index contributed by atoms with van der Waals surface area (Å²) in [6, 6.07) is 5.11. The number of rotatable bonds is 5. The molecule has 7 nitrogen and oxygen atoms in total. The summed E-state index contributed by atoms with van der Waals surface area (Å²) >= 11 is 0. The summed E-state index contributed by atoms with van der Waals surface area (Å²) in [4.78, 5) is 34.8. The molecule has 0 unspecified atom stereocenters. The lowest BCUT2D eigenvalue weighted by atomic mass is 10.1. The van der Waals surface area contributed by atoms with Crippen LogP contribution in [0.25, 0.3) is 0 Å². The van der Waals surface area contributed by atoms with Crippen LogP contribution in [-0.4, -0.2) is 41.4 Å². The number of hydrogen-bond donors (Lipinski definition) is 1. The van der Waals surface area contributed by atoms with E-state index in [0.29, 0.717) is 24.3 Å². The molecule has 146 valence electrons. The quantitative estimate of drug-likeness (QED) is 0.627. The van der Waals surface area contributed by atoms with Crippen LogP contribution in [0.2, 0.25) is 0 Å². The van der Waals surface area contributed by atoms with Crippen molar-refractivity contribution < 1.29 is 23.9 Å². The monoisotopic (exact) mass is 374 g/mol. The number of nitrogens with zero attached hydrogens (tertiary/aromatic N) is 1. The Hall–Kier alpha value is -3.01. The molecule has 0 spiro atoms. The average Bonchev–Trinajstić information content (AvgIpc) is 2.86. The summed E-state index contributed by atoms with van der Waals surface area (Å²) in [7, 11) is 0. The van der Waals surface area contributed by atoms with Gasteiger partial charge < -0.3 is 20.1 Å². The highest BCUT2D eigenvalue weighted by molar-refractivity contribution is 6.00. The molecule has 2 amide bonds. The first kappa shape index (κ1) is 22.0. The lowest BCUT2D eigenvalue weighted by Gasteiger charge is -2.18. The number of amides is 2. The Balaban J connectivity index is 0.000000345. The zero-order chi connectivity index (χ0) is 20.6. The Kier molecular flexibility index (Phi) is 7.85. The van der Waals surface area contributed by atoms with Crippen molar-refractivity contribution in [3.8, 4) is 18.1 Å². The Morgan fingerprint density at radius 3 is 2.48 bits per heavy atom. The molecular formula is C20H26N2O5. The van der Waals surface area contributed by atoms with Gasteiger partial charge in [-0.2, -0.15) is 0 Å². The molecule has 0 saturated carbocycles. The second-order valence-corrected chi connectivity index (χ2v) is 6.88. The zero-order valence-corrected chi connectivity index (χ0v) is 16.2. The number of nitrogens with two attached hydrogens (primary N) is 1. The minimum atomic E-state index is -0.528. The van der Waals surface area contributed by atoms with Crippen LogP contribution in [0.4, 0.5) is 0 Å². The molecule has 1 aromatic carbocycles. The molecule has 1 aliphatic rings. The van der Waals surface area contributed by atoms with Crippen molar-refractivity contribution in [2.75, 3.05) is 13.2 Å². The van der Waals surface area contributed by atoms with Crippen LogP contribution in [0, 0.1) is 12.3 Å². The highest BCUT2D eigenvalue weighted by atomic mass is 16.6. The highest BCUT2D eigenvalue weighted by Gasteiger charge is 2.28. The van der Waals surface area contributed by atoms with E-state index in [0.717, 1.165) is 5.56 Å². The molecule has 2 rings (SSSR count). The molecule has 0 atom stereocenters. The van der Waals surface area contributed by atoms with E-state index in [4.69, 9.17) is 21.6 Å². The second kappa shape index (κ2) is 9.62. The van der Waals surface area contributed by atoms with Crippen LogP contribution in [0.5, 0.6) is 5.75 Å². The number of hydrogen-bond acceptors (Lipinski definition) is 5. The molecule has 1 aliphatic heterocycles. The molecule has 0 saturated heterocycles. The second-order valence-electron chi connectivity index (χ2n) is 6.88. The molecule has 0 bridgehead atoms. The van der Waals surface area contributed by atoms with Crippen molar-refractivity contribution in [3.63, 3.8) is 0 Å². The van der Waals surface area contributed by atoms with Crippen LogP contribution in [0.3, 0.4) is 0 Å². The third-order valence-corrected chi connectivity index (χ3v) is 3.33. The van der Waals surface area contributed by atoms with E-state index >= 15 is 0 Å². The van der Waals surface area contributed by atoms with Gasteiger partial charge in [-0.05, 0) is 44.5 Å². The van der Waals surface area contributed by atoms with E-state index in [1.807, 2.05) is 20.8 Å². The van der Waals surface area contributed by atoms with Crippen molar-refractivity contribution in [2.45, 2.75) is 46.3 Å². The maximum absolute atomic E-state index is 11.9. The Labute approximate surface area is 159 Å². The fourth-order valence-corrected chi connectivity index (χ4v) is 2.30. The van der Waals surface area contributed by atoms with E-state index in [-0.39, 0.29) is 30.6 Å². The number of primary amides is 1. The van der Waals surface area contributed by atoms with E-state index in [9.17, 15) is 14.4 Å². The van der Waals surface area contributed by atoms with E-state index in [1.165, 1.54) is 4.90 Å². The molecule has 27 heavy (non-hydrogen) atoms. The molecule has 0 aromatic heterocycles. The summed E-state index contributed by atoms with van der Waals surface area (Å²) in [5, 5.41) is 0. The van der Waals surface area contributed by atoms with Crippen molar-refractivity contribution in [3.05, 3.63) is 29.3 Å². The number of fused-ring (bicyclic) bond motifs is 1. The number of esters is 1. The maximum Gasteiger partial charge on any atom is 0.306 e. The minimum absolute atomic E-state index is 0.0753. The normalized spacial score (nSPS) is 12.4. The largest absolute Gasteiger partial charge is 0.481 e. The van der Waals surface area contributed by atoms with Gasteiger partial charge in [-0.1, -0.05) is 12.8 Å². The van der Waals surface area contributed by atoms with Crippen molar-refractivity contribution in [2.24, 2.45) is 5.73 Å². The highest BCUT2D eigenvalue weighted by Crippen LogP contribution is 2.26. The number of terminal acetylenes is 1. The van der Waals surface area contributed by atoms with Gasteiger partial charge in [0, 0.05) is 18.5 Å². The fourth-order valence-electron chi connectivity index (χ4n) is 2.30. The van der Waals surface area contributed by atoms with Crippen LogP contribution in [0.15, 0.2) is 18.2 Å². The minimum Gasteiger partial charge on any atom is -0.481 e. The Morgan fingerprint density at radius 2 is 2.00 bits per heavy atom. The summed E-state index contributed by atoms with van der Waals surface area (Å²) in [6.07, 6.45) is 5.56. The van der Waals surface area contributed by atoms with Crippen LogP contribution in [0.1, 0.15) is 50.0 Å². The van der Waals surface area contributed by atoms with Gasteiger partial charge in [-0.3, -0.25) is 14.4 Å². The molecule has 1 aromatic rings. The number of benzene rings is 1. The third-order valence-electron chi connectivity index (χ3n) is 3.33. The van der Waals surface area contributed by atoms with E-state index in [2.05, 4.69) is 5.92 Å². The predicted octanol–water partition coefficient (Wildman–Crippen LogP) is 1.88. The molecule has 2 N–H and O–H groups in total. The fraction of sp³-hybridized carbons (Fsp3) is 0.450. The number of ether oxygens (including phenoxy) is 2. The van der Waals surface area contributed by atoms with Gasteiger partial charge in [0.2, 0.25) is 5.91 Å². The SMILES string of the molecule is C#CCOc1ccc2c(c1)CN(CC(N)=O)C2=O.CCC(=O)OC(C)(C)C. The number of carbonyl (C=O) groups excluding carboxylic acids is 3. The first-order chi connectivity index (χ1) is 12.6. The van der Waals surface area contributed by atoms with E-state index in [1.54, 1.807) is 25.1 Å². The average molecular weight is 374 g/mol. The third kappa shape index (κ3) is 7.40. The molecule has 7 heteroatoms.